The van der Waals surface area contributed by atoms with Gasteiger partial charge in [-0.25, -0.2) is 10.2 Å². The number of nitrogens with zero attached hydrogens (tertiary/aromatic N) is 2. The summed E-state index contributed by atoms with van der Waals surface area (Å²) in [6.45, 7) is 0. The maximum absolute atomic E-state index is 13.0. The van der Waals surface area contributed by atoms with E-state index in [1.807, 2.05) is 30.3 Å². The number of hydrogen-bond acceptors (Lipinski definition) is 6. The number of anilines is 1. The third-order valence-electron chi connectivity index (χ3n) is 7.30. The molecule has 4 atom stereocenters. The highest BCUT2D eigenvalue weighted by Crippen LogP contribution is 2.47. The van der Waals surface area contributed by atoms with Crippen LogP contribution in [0, 0.1) is 17.8 Å². The lowest BCUT2D eigenvalue weighted by Crippen LogP contribution is -2.62. The number of fused-ring (bicyclic) bond motifs is 2. The number of carbonyl (C=O) groups excluding carboxylic acids is 5. The Balaban J connectivity index is 1.16. The minimum Gasteiger partial charge on any atom is -0.326 e. The molecule has 10 nitrogen and oxygen atoms in total. The summed E-state index contributed by atoms with van der Waals surface area (Å²) in [5, 5.41) is 8.83. The van der Waals surface area contributed by atoms with Gasteiger partial charge in [0.15, 0.2) is 5.92 Å². The van der Waals surface area contributed by atoms with E-state index in [0.29, 0.717) is 11.6 Å². The molecule has 2 aromatic carbocycles. The third kappa shape index (κ3) is 5.28. The minimum atomic E-state index is -1.29. The van der Waals surface area contributed by atoms with Crippen LogP contribution in [0.15, 0.2) is 59.7 Å². The molecule has 3 N–H and O–H groups in total. The van der Waals surface area contributed by atoms with Gasteiger partial charge in [-0.1, -0.05) is 36.8 Å². The van der Waals surface area contributed by atoms with E-state index < -0.39 is 29.7 Å². The van der Waals surface area contributed by atoms with Gasteiger partial charge in [-0.15, -0.1) is 0 Å². The highest BCUT2D eigenvalue weighted by atomic mass is 16.2. The zero-order chi connectivity index (χ0) is 25.9. The number of rotatable bonds is 7. The van der Waals surface area contributed by atoms with E-state index >= 15 is 0 Å². The zero-order valence-corrected chi connectivity index (χ0v) is 20.1. The van der Waals surface area contributed by atoms with Crippen LogP contribution in [0.25, 0.3) is 0 Å². The van der Waals surface area contributed by atoms with Crippen molar-refractivity contribution in [1.29, 1.82) is 0 Å². The number of hydrazone groups is 1. The molecule has 2 aliphatic carbocycles. The van der Waals surface area contributed by atoms with Gasteiger partial charge in [-0.05, 0) is 60.9 Å². The molecular formula is C27H27N5O5. The summed E-state index contributed by atoms with van der Waals surface area (Å²) in [5.41, 5.74) is 4.01. The maximum atomic E-state index is 13.0. The molecule has 2 bridgehead atoms. The Morgan fingerprint density at radius 3 is 2.43 bits per heavy atom. The second kappa shape index (κ2) is 10.3. The number of urea groups is 1. The van der Waals surface area contributed by atoms with E-state index in [1.165, 1.54) is 17.0 Å². The fourth-order valence-corrected chi connectivity index (χ4v) is 5.50. The molecular weight excluding hydrogens is 474 g/mol. The van der Waals surface area contributed by atoms with Crippen LogP contribution in [-0.4, -0.2) is 46.8 Å². The Hall–Kier alpha value is -4.34. The van der Waals surface area contributed by atoms with Crippen LogP contribution in [0.5, 0.6) is 0 Å². The average Bonchev–Trinajstić information content (AvgIpc) is 3.51. The SMILES string of the molecule is O=C(Cc1ccccc1)Nc1ccc(C(=O)N/N=C\[C@H]2C(=O)NC(=O)N([C@H]3C[C@H]4CC[C@H]3C4)C2=O)cc1. The van der Waals surface area contributed by atoms with Crippen molar-refractivity contribution in [2.75, 3.05) is 5.32 Å². The van der Waals surface area contributed by atoms with Crippen LogP contribution in [0.4, 0.5) is 10.5 Å². The summed E-state index contributed by atoms with van der Waals surface area (Å²) in [6, 6.07) is 14.7. The molecule has 0 radical (unpaired) electrons. The van der Waals surface area contributed by atoms with Crippen molar-refractivity contribution in [3.63, 3.8) is 0 Å². The molecule has 1 aliphatic heterocycles. The summed E-state index contributed by atoms with van der Waals surface area (Å²) in [4.78, 5) is 63.6. The van der Waals surface area contributed by atoms with E-state index in [4.69, 9.17) is 0 Å². The Morgan fingerprint density at radius 1 is 1.00 bits per heavy atom. The Bertz CT molecular complexity index is 1260. The first-order valence-electron chi connectivity index (χ1n) is 12.3. The normalized spacial score (nSPS) is 24.9. The molecule has 3 aliphatic rings. The van der Waals surface area contributed by atoms with E-state index in [0.717, 1.165) is 37.5 Å². The summed E-state index contributed by atoms with van der Waals surface area (Å²) in [5.74, 6) is -2.61. The molecule has 3 fully saturated rings. The van der Waals surface area contributed by atoms with Crippen LogP contribution in [0.2, 0.25) is 0 Å². The van der Waals surface area contributed by atoms with Crippen molar-refractivity contribution in [1.82, 2.24) is 15.6 Å². The number of hydrogen-bond donors (Lipinski definition) is 3. The fourth-order valence-electron chi connectivity index (χ4n) is 5.50. The molecule has 1 saturated heterocycles. The quantitative estimate of drug-likeness (QED) is 0.304. The van der Waals surface area contributed by atoms with E-state index in [1.54, 1.807) is 12.1 Å². The number of carbonyl (C=O) groups is 5. The number of benzene rings is 2. The van der Waals surface area contributed by atoms with Crippen LogP contribution >= 0.6 is 0 Å². The van der Waals surface area contributed by atoms with Gasteiger partial charge in [0, 0.05) is 23.5 Å². The Labute approximate surface area is 213 Å². The average molecular weight is 502 g/mol. The molecule has 1 heterocycles. The molecule has 6 amide bonds. The first-order valence-corrected chi connectivity index (χ1v) is 12.3. The minimum absolute atomic E-state index is 0.179. The summed E-state index contributed by atoms with van der Waals surface area (Å²) < 4.78 is 0. The van der Waals surface area contributed by atoms with Crippen molar-refractivity contribution in [2.45, 2.75) is 38.1 Å². The Morgan fingerprint density at radius 2 is 1.76 bits per heavy atom. The molecule has 2 aromatic rings. The first kappa shape index (κ1) is 24.4. The molecule has 5 rings (SSSR count). The zero-order valence-electron chi connectivity index (χ0n) is 20.1. The standard InChI is InChI=1S/C27H27N5O5/c33-23(14-16-4-2-1-3-5-16)29-20-10-8-18(9-11-20)24(34)31-28-15-21-25(35)30-27(37)32(26(21)36)22-13-17-6-7-19(22)12-17/h1-5,8-11,15,17,19,21-22H,6-7,12-14H2,(H,29,33)(H,31,34)(H,30,35,37)/b28-15-/t17-,19-,21-,22-/m0/s1. The van der Waals surface area contributed by atoms with Crippen LogP contribution in [0.1, 0.15) is 41.6 Å². The fraction of sp³-hybridized carbons (Fsp3) is 0.333. The Kier molecular flexibility index (Phi) is 6.80. The van der Waals surface area contributed by atoms with E-state index in [-0.39, 0.29) is 29.9 Å². The highest BCUT2D eigenvalue weighted by Gasteiger charge is 2.50. The summed E-state index contributed by atoms with van der Waals surface area (Å²) >= 11 is 0. The summed E-state index contributed by atoms with van der Waals surface area (Å²) in [7, 11) is 0. The number of nitrogens with one attached hydrogen (secondary N) is 3. The molecule has 0 unspecified atom stereocenters. The number of barbiturate groups is 1. The third-order valence-corrected chi connectivity index (χ3v) is 7.30. The first-order chi connectivity index (χ1) is 17.9. The second-order valence-corrected chi connectivity index (χ2v) is 9.73. The lowest BCUT2D eigenvalue weighted by molar-refractivity contribution is -0.141. The van der Waals surface area contributed by atoms with Crippen LogP contribution in [-0.2, 0) is 20.8 Å². The maximum Gasteiger partial charge on any atom is 0.331 e. The van der Waals surface area contributed by atoms with E-state index in [9.17, 15) is 24.0 Å². The van der Waals surface area contributed by atoms with Gasteiger partial charge in [0.2, 0.25) is 17.7 Å². The van der Waals surface area contributed by atoms with Crippen molar-refractivity contribution < 1.29 is 24.0 Å². The lowest BCUT2D eigenvalue weighted by atomic mass is 9.92. The smallest absolute Gasteiger partial charge is 0.326 e. The van der Waals surface area contributed by atoms with Gasteiger partial charge >= 0.3 is 6.03 Å². The molecule has 0 spiro atoms. The molecule has 190 valence electrons. The van der Waals surface area contributed by atoms with Crippen molar-refractivity contribution in [3.8, 4) is 0 Å². The monoisotopic (exact) mass is 501 g/mol. The molecule has 2 saturated carbocycles. The molecule has 0 aromatic heterocycles. The number of imide groups is 2. The largest absolute Gasteiger partial charge is 0.331 e. The predicted octanol–water partition coefficient (Wildman–Crippen LogP) is 2.47. The highest BCUT2D eigenvalue weighted by molar-refractivity contribution is 6.23. The predicted molar refractivity (Wildman–Crippen MR) is 134 cm³/mol. The molecule has 10 heteroatoms. The summed E-state index contributed by atoms with van der Waals surface area (Å²) in [6.07, 6.45) is 5.14. The van der Waals surface area contributed by atoms with Gasteiger partial charge < -0.3 is 5.32 Å². The van der Waals surface area contributed by atoms with Gasteiger partial charge in [0.25, 0.3) is 5.91 Å². The van der Waals surface area contributed by atoms with Gasteiger partial charge in [-0.2, -0.15) is 5.10 Å². The van der Waals surface area contributed by atoms with Crippen molar-refractivity contribution in [3.05, 3.63) is 65.7 Å². The van der Waals surface area contributed by atoms with E-state index in [2.05, 4.69) is 21.2 Å². The van der Waals surface area contributed by atoms with Gasteiger partial charge in [0.1, 0.15) is 0 Å². The second-order valence-electron chi connectivity index (χ2n) is 9.73. The van der Waals surface area contributed by atoms with Crippen LogP contribution < -0.4 is 16.1 Å². The topological polar surface area (TPSA) is 137 Å². The lowest BCUT2D eigenvalue weighted by Gasteiger charge is -2.36. The van der Waals surface area contributed by atoms with Gasteiger partial charge in [0.05, 0.1) is 6.42 Å². The van der Waals surface area contributed by atoms with Crippen LogP contribution in [0.3, 0.4) is 0 Å². The van der Waals surface area contributed by atoms with Crippen molar-refractivity contribution in [2.24, 2.45) is 22.9 Å². The number of amides is 6. The van der Waals surface area contributed by atoms with Gasteiger partial charge in [-0.3, -0.25) is 29.4 Å². The molecule has 37 heavy (non-hydrogen) atoms. The van der Waals surface area contributed by atoms with Crippen molar-refractivity contribution >= 4 is 41.6 Å².